The normalized spacial score (nSPS) is 12.2. The molecule has 4 nitrogen and oxygen atoms in total. The number of rotatable bonds is 3. The monoisotopic (exact) mass is 179 g/mol. The minimum atomic E-state index is -0.182. The summed E-state index contributed by atoms with van der Waals surface area (Å²) in [6, 6.07) is 5.19. The third-order valence-electron chi connectivity index (χ3n) is 1.63. The average Bonchev–Trinajstić information content (AvgIpc) is 2.19. The minimum Gasteiger partial charge on any atom is -0.347 e. The molecule has 0 aromatic carbocycles. The highest BCUT2D eigenvalue weighted by atomic mass is 16.1. The topological polar surface area (TPSA) is 68.0 Å². The van der Waals surface area contributed by atoms with E-state index in [1.54, 1.807) is 24.4 Å². The second-order valence-electron chi connectivity index (χ2n) is 2.83. The highest BCUT2D eigenvalue weighted by Crippen LogP contribution is 1.93. The van der Waals surface area contributed by atoms with Crippen LogP contribution in [0.4, 0.5) is 0 Å². The number of amides is 1. The Hall–Kier alpha value is -1.42. The Morgan fingerprint density at radius 3 is 3.00 bits per heavy atom. The van der Waals surface area contributed by atoms with Crippen molar-refractivity contribution in [3.63, 3.8) is 0 Å². The number of nitrogens with one attached hydrogen (secondary N) is 1. The summed E-state index contributed by atoms with van der Waals surface area (Å²) in [5, 5.41) is 2.72. The molecule has 1 aromatic heterocycles. The van der Waals surface area contributed by atoms with E-state index in [2.05, 4.69) is 10.3 Å². The Balaban J connectivity index is 2.59. The fourth-order valence-electron chi connectivity index (χ4n) is 0.854. The second kappa shape index (κ2) is 4.57. The molecule has 1 atom stereocenters. The molecule has 3 N–H and O–H groups in total. The standard InChI is InChI=1S/C9H13N3O/c1-7(6-10)12-9(13)8-4-2-3-5-11-8/h2-5,7H,6,10H2,1H3,(H,12,13)/t7-/m1/s1. The summed E-state index contributed by atoms with van der Waals surface area (Å²) in [7, 11) is 0. The van der Waals surface area contributed by atoms with E-state index < -0.39 is 0 Å². The number of pyridine rings is 1. The van der Waals surface area contributed by atoms with Crippen LogP contribution in [0.1, 0.15) is 17.4 Å². The van der Waals surface area contributed by atoms with E-state index in [-0.39, 0.29) is 11.9 Å². The van der Waals surface area contributed by atoms with Crippen LogP contribution in [0.2, 0.25) is 0 Å². The summed E-state index contributed by atoms with van der Waals surface area (Å²) in [5.41, 5.74) is 5.78. The van der Waals surface area contributed by atoms with Gasteiger partial charge in [0.1, 0.15) is 5.69 Å². The summed E-state index contributed by atoms with van der Waals surface area (Å²) in [6.07, 6.45) is 1.59. The van der Waals surface area contributed by atoms with Crippen molar-refractivity contribution < 1.29 is 4.79 Å². The maximum absolute atomic E-state index is 11.4. The molecule has 0 aliphatic rings. The van der Waals surface area contributed by atoms with Gasteiger partial charge in [-0.2, -0.15) is 0 Å². The van der Waals surface area contributed by atoms with Crippen LogP contribution < -0.4 is 11.1 Å². The van der Waals surface area contributed by atoms with Gasteiger partial charge in [-0.15, -0.1) is 0 Å². The van der Waals surface area contributed by atoms with Gasteiger partial charge in [-0.3, -0.25) is 9.78 Å². The molecule has 0 saturated carbocycles. The predicted octanol–water partition coefficient (Wildman–Crippen LogP) is 0.159. The van der Waals surface area contributed by atoms with Gasteiger partial charge in [0.2, 0.25) is 0 Å². The Bertz CT molecular complexity index is 273. The lowest BCUT2D eigenvalue weighted by atomic mass is 10.3. The lowest BCUT2D eigenvalue weighted by Gasteiger charge is -2.09. The van der Waals surface area contributed by atoms with Crippen LogP contribution >= 0.6 is 0 Å². The second-order valence-corrected chi connectivity index (χ2v) is 2.83. The summed E-state index contributed by atoms with van der Waals surface area (Å²) in [4.78, 5) is 15.3. The van der Waals surface area contributed by atoms with Gasteiger partial charge in [-0.05, 0) is 19.1 Å². The average molecular weight is 179 g/mol. The molecular weight excluding hydrogens is 166 g/mol. The van der Waals surface area contributed by atoms with E-state index in [1.165, 1.54) is 0 Å². The Kier molecular flexibility index (Phi) is 3.40. The molecule has 0 spiro atoms. The highest BCUT2D eigenvalue weighted by molar-refractivity contribution is 5.92. The molecule has 0 unspecified atom stereocenters. The van der Waals surface area contributed by atoms with Gasteiger partial charge in [0.25, 0.3) is 5.91 Å². The molecule has 70 valence electrons. The van der Waals surface area contributed by atoms with Crippen LogP contribution in [0.5, 0.6) is 0 Å². The fourth-order valence-corrected chi connectivity index (χ4v) is 0.854. The van der Waals surface area contributed by atoms with Crippen molar-refractivity contribution >= 4 is 5.91 Å². The van der Waals surface area contributed by atoms with Gasteiger partial charge in [0, 0.05) is 18.8 Å². The van der Waals surface area contributed by atoms with Crippen molar-refractivity contribution in [1.82, 2.24) is 10.3 Å². The molecule has 1 amide bonds. The van der Waals surface area contributed by atoms with Gasteiger partial charge in [-0.25, -0.2) is 0 Å². The van der Waals surface area contributed by atoms with Crippen molar-refractivity contribution in [2.75, 3.05) is 6.54 Å². The van der Waals surface area contributed by atoms with Crippen molar-refractivity contribution in [2.45, 2.75) is 13.0 Å². The molecular formula is C9H13N3O. The summed E-state index contributed by atoms with van der Waals surface area (Å²) >= 11 is 0. The SMILES string of the molecule is C[C@H](CN)NC(=O)c1ccccn1. The van der Waals surface area contributed by atoms with Crippen LogP contribution in [0.3, 0.4) is 0 Å². The molecule has 0 bridgehead atoms. The molecule has 1 rings (SSSR count). The molecule has 1 heterocycles. The third kappa shape index (κ3) is 2.83. The van der Waals surface area contributed by atoms with Gasteiger partial charge < -0.3 is 11.1 Å². The zero-order chi connectivity index (χ0) is 9.68. The van der Waals surface area contributed by atoms with Gasteiger partial charge in [-0.1, -0.05) is 6.07 Å². The molecule has 0 radical (unpaired) electrons. The highest BCUT2D eigenvalue weighted by Gasteiger charge is 2.08. The maximum atomic E-state index is 11.4. The number of hydrogen-bond acceptors (Lipinski definition) is 3. The number of nitrogens with two attached hydrogens (primary N) is 1. The van der Waals surface area contributed by atoms with E-state index in [9.17, 15) is 4.79 Å². The van der Waals surface area contributed by atoms with Gasteiger partial charge in [0.05, 0.1) is 0 Å². The zero-order valence-corrected chi connectivity index (χ0v) is 7.53. The summed E-state index contributed by atoms with van der Waals surface area (Å²) in [6.45, 7) is 2.28. The number of hydrogen-bond donors (Lipinski definition) is 2. The first kappa shape index (κ1) is 9.67. The van der Waals surface area contributed by atoms with Crippen LogP contribution in [0.15, 0.2) is 24.4 Å². The van der Waals surface area contributed by atoms with E-state index in [0.717, 1.165) is 0 Å². The summed E-state index contributed by atoms with van der Waals surface area (Å²) in [5.74, 6) is -0.182. The number of carbonyl (C=O) groups excluding carboxylic acids is 1. The van der Waals surface area contributed by atoms with E-state index in [1.807, 2.05) is 6.92 Å². The van der Waals surface area contributed by atoms with Crippen LogP contribution in [-0.4, -0.2) is 23.5 Å². The first-order valence-corrected chi connectivity index (χ1v) is 4.16. The Labute approximate surface area is 77.2 Å². The molecule has 0 aliphatic heterocycles. The first-order chi connectivity index (χ1) is 6.24. The Morgan fingerprint density at radius 1 is 1.69 bits per heavy atom. The van der Waals surface area contributed by atoms with Crippen LogP contribution in [0.25, 0.3) is 0 Å². The smallest absolute Gasteiger partial charge is 0.270 e. The van der Waals surface area contributed by atoms with Crippen LogP contribution in [-0.2, 0) is 0 Å². The van der Waals surface area contributed by atoms with Crippen molar-refractivity contribution in [3.8, 4) is 0 Å². The lowest BCUT2D eigenvalue weighted by Crippen LogP contribution is -2.38. The molecule has 0 fully saturated rings. The number of carbonyl (C=O) groups is 1. The first-order valence-electron chi connectivity index (χ1n) is 4.16. The van der Waals surface area contributed by atoms with Crippen LogP contribution in [0, 0.1) is 0 Å². The van der Waals surface area contributed by atoms with E-state index >= 15 is 0 Å². The van der Waals surface area contributed by atoms with Crippen molar-refractivity contribution in [1.29, 1.82) is 0 Å². The van der Waals surface area contributed by atoms with Crippen molar-refractivity contribution in [2.24, 2.45) is 5.73 Å². The fraction of sp³-hybridized carbons (Fsp3) is 0.333. The summed E-state index contributed by atoms with van der Waals surface area (Å²) < 4.78 is 0. The van der Waals surface area contributed by atoms with E-state index in [4.69, 9.17) is 5.73 Å². The Morgan fingerprint density at radius 2 is 2.46 bits per heavy atom. The molecule has 4 heteroatoms. The molecule has 0 aliphatic carbocycles. The predicted molar refractivity (Wildman–Crippen MR) is 50.2 cm³/mol. The molecule has 1 aromatic rings. The van der Waals surface area contributed by atoms with E-state index in [0.29, 0.717) is 12.2 Å². The van der Waals surface area contributed by atoms with Crippen molar-refractivity contribution in [3.05, 3.63) is 30.1 Å². The number of nitrogens with zero attached hydrogens (tertiary/aromatic N) is 1. The van der Waals surface area contributed by atoms with Gasteiger partial charge >= 0.3 is 0 Å². The quantitative estimate of drug-likeness (QED) is 0.694. The van der Waals surface area contributed by atoms with Gasteiger partial charge in [0.15, 0.2) is 0 Å². The molecule has 0 saturated heterocycles. The molecule has 13 heavy (non-hydrogen) atoms. The lowest BCUT2D eigenvalue weighted by molar-refractivity contribution is 0.0936. The number of aromatic nitrogens is 1. The largest absolute Gasteiger partial charge is 0.347 e. The zero-order valence-electron chi connectivity index (χ0n) is 7.53. The minimum absolute atomic E-state index is 0.0190. The maximum Gasteiger partial charge on any atom is 0.270 e. The third-order valence-corrected chi connectivity index (χ3v) is 1.63.